The van der Waals surface area contributed by atoms with E-state index >= 15 is 0 Å². The number of benzene rings is 1. The maximum Gasteiger partial charge on any atom is 0.351 e. The molecule has 0 saturated carbocycles. The summed E-state index contributed by atoms with van der Waals surface area (Å²) in [6.07, 6.45) is 3.71. The molecule has 1 N–H and O–H groups in total. The Morgan fingerprint density at radius 3 is 2.74 bits per heavy atom. The summed E-state index contributed by atoms with van der Waals surface area (Å²) in [7, 11) is 0. The predicted molar refractivity (Wildman–Crippen MR) is 117 cm³/mol. The number of carbonyl (C=O) groups excluding carboxylic acids is 1. The van der Waals surface area contributed by atoms with Crippen LogP contribution in [0, 0.1) is 0 Å². The first-order valence-electron chi connectivity index (χ1n) is 9.84. The number of nitrogens with one attached hydrogen (secondary N) is 1. The first-order valence-corrected chi connectivity index (χ1v) is 9.84. The van der Waals surface area contributed by atoms with E-state index < -0.39 is 5.91 Å². The molecule has 0 aliphatic rings. The number of aryl methyl sites for hydroxylation is 2. The highest BCUT2D eigenvalue weighted by molar-refractivity contribution is 6.03. The van der Waals surface area contributed by atoms with E-state index in [1.807, 2.05) is 36.4 Å². The SMILES string of the molecule is O=C(Nc1cccnc1)c1cccc2nn(CCc3ccc4ccccc4n3)c(=O)n12. The molecule has 4 heterocycles. The molecule has 0 spiro atoms. The highest BCUT2D eigenvalue weighted by Gasteiger charge is 2.16. The van der Waals surface area contributed by atoms with Crippen LogP contribution in [0.15, 0.2) is 83.9 Å². The fraction of sp³-hybridized carbons (Fsp3) is 0.0870. The molecule has 152 valence electrons. The second-order valence-electron chi connectivity index (χ2n) is 7.05. The number of aromatic nitrogens is 5. The number of amides is 1. The standard InChI is InChI=1S/C23H18N6O2/c30-22(26-18-6-4-13-24-15-18)20-8-3-9-21-27-28(23(31)29(20)21)14-12-17-11-10-16-5-1-2-7-19(16)25-17/h1-11,13,15H,12,14H2,(H,26,30). The van der Waals surface area contributed by atoms with Crippen molar-refractivity contribution in [1.29, 1.82) is 0 Å². The highest BCUT2D eigenvalue weighted by Crippen LogP contribution is 2.13. The van der Waals surface area contributed by atoms with Crippen LogP contribution < -0.4 is 11.0 Å². The Bertz CT molecular complexity index is 1460. The molecular formula is C23H18N6O2. The molecule has 0 saturated heterocycles. The summed E-state index contributed by atoms with van der Waals surface area (Å²) in [5.41, 5.74) is 2.59. The Balaban J connectivity index is 1.42. The lowest BCUT2D eigenvalue weighted by atomic mass is 10.2. The number of fused-ring (bicyclic) bond motifs is 2. The van der Waals surface area contributed by atoms with Crippen LogP contribution in [0.5, 0.6) is 0 Å². The molecule has 5 aromatic rings. The normalized spacial score (nSPS) is 11.1. The molecule has 0 aliphatic carbocycles. The zero-order chi connectivity index (χ0) is 21.2. The smallest absolute Gasteiger partial charge is 0.319 e. The average Bonchev–Trinajstić information content (AvgIpc) is 3.14. The molecule has 5 rings (SSSR count). The van der Waals surface area contributed by atoms with E-state index in [0.717, 1.165) is 16.6 Å². The van der Waals surface area contributed by atoms with E-state index in [-0.39, 0.29) is 11.4 Å². The summed E-state index contributed by atoms with van der Waals surface area (Å²) >= 11 is 0. The lowest BCUT2D eigenvalue weighted by molar-refractivity contribution is 0.102. The topological polar surface area (TPSA) is 94.2 Å². The van der Waals surface area contributed by atoms with Gasteiger partial charge in [-0.25, -0.2) is 13.9 Å². The van der Waals surface area contributed by atoms with Gasteiger partial charge in [0.15, 0.2) is 5.65 Å². The van der Waals surface area contributed by atoms with Crippen molar-refractivity contribution in [2.24, 2.45) is 0 Å². The van der Waals surface area contributed by atoms with Crippen LogP contribution >= 0.6 is 0 Å². The minimum Gasteiger partial charge on any atom is -0.319 e. The Morgan fingerprint density at radius 2 is 1.87 bits per heavy atom. The maximum atomic E-state index is 13.0. The van der Waals surface area contributed by atoms with E-state index in [1.54, 1.807) is 42.7 Å². The van der Waals surface area contributed by atoms with Gasteiger partial charge in [-0.05, 0) is 36.4 Å². The fourth-order valence-corrected chi connectivity index (χ4v) is 3.48. The van der Waals surface area contributed by atoms with Crippen LogP contribution in [0.25, 0.3) is 16.6 Å². The average molecular weight is 410 g/mol. The van der Waals surface area contributed by atoms with Crippen molar-refractivity contribution in [3.8, 4) is 0 Å². The quantitative estimate of drug-likeness (QED) is 0.481. The minimum absolute atomic E-state index is 0.210. The number of anilines is 1. The summed E-state index contributed by atoms with van der Waals surface area (Å²) in [5.74, 6) is -0.406. The third-order valence-corrected chi connectivity index (χ3v) is 4.99. The number of carbonyl (C=O) groups is 1. The lowest BCUT2D eigenvalue weighted by Crippen LogP contribution is -2.26. The third-order valence-electron chi connectivity index (χ3n) is 4.99. The first-order chi connectivity index (χ1) is 15.2. The van der Waals surface area contributed by atoms with Gasteiger partial charge in [-0.2, -0.15) is 0 Å². The van der Waals surface area contributed by atoms with Crippen molar-refractivity contribution in [1.82, 2.24) is 24.1 Å². The number of hydrogen-bond donors (Lipinski definition) is 1. The van der Waals surface area contributed by atoms with Gasteiger partial charge in [-0.15, -0.1) is 5.10 Å². The number of hydrogen-bond acceptors (Lipinski definition) is 5. The number of para-hydroxylation sites is 1. The zero-order valence-corrected chi connectivity index (χ0v) is 16.5. The van der Waals surface area contributed by atoms with Gasteiger partial charge in [0, 0.05) is 23.7 Å². The number of pyridine rings is 3. The van der Waals surface area contributed by atoms with Crippen LogP contribution in [-0.2, 0) is 13.0 Å². The van der Waals surface area contributed by atoms with E-state index in [9.17, 15) is 9.59 Å². The number of rotatable bonds is 5. The molecule has 8 heteroatoms. The molecule has 1 aromatic carbocycles. The Kier molecular flexibility index (Phi) is 4.72. The first kappa shape index (κ1) is 18.7. The molecule has 31 heavy (non-hydrogen) atoms. The van der Waals surface area contributed by atoms with E-state index in [4.69, 9.17) is 0 Å². The van der Waals surface area contributed by atoms with Gasteiger partial charge in [0.05, 0.1) is 23.9 Å². The van der Waals surface area contributed by atoms with Gasteiger partial charge in [0.1, 0.15) is 5.69 Å². The van der Waals surface area contributed by atoms with Gasteiger partial charge in [0.2, 0.25) is 0 Å². The predicted octanol–water partition coefficient (Wildman–Crippen LogP) is 2.93. The summed E-state index contributed by atoms with van der Waals surface area (Å²) in [6.45, 7) is 0.357. The summed E-state index contributed by atoms with van der Waals surface area (Å²) in [6, 6.07) is 20.3. The molecule has 0 atom stereocenters. The molecule has 0 fully saturated rings. The van der Waals surface area contributed by atoms with Crippen molar-refractivity contribution >= 4 is 28.1 Å². The van der Waals surface area contributed by atoms with Gasteiger partial charge >= 0.3 is 5.69 Å². The van der Waals surface area contributed by atoms with E-state index in [0.29, 0.717) is 24.3 Å². The van der Waals surface area contributed by atoms with Gasteiger partial charge in [-0.3, -0.25) is 14.8 Å². The molecule has 8 nitrogen and oxygen atoms in total. The van der Waals surface area contributed by atoms with Gasteiger partial charge < -0.3 is 5.32 Å². The van der Waals surface area contributed by atoms with E-state index in [2.05, 4.69) is 20.4 Å². The molecular weight excluding hydrogens is 392 g/mol. The maximum absolute atomic E-state index is 13.0. The van der Waals surface area contributed by atoms with Crippen molar-refractivity contribution < 1.29 is 4.79 Å². The summed E-state index contributed by atoms with van der Waals surface area (Å²) < 4.78 is 2.69. The summed E-state index contributed by atoms with van der Waals surface area (Å²) in [5, 5.41) is 8.21. The zero-order valence-electron chi connectivity index (χ0n) is 16.5. The van der Waals surface area contributed by atoms with Crippen LogP contribution in [0.1, 0.15) is 16.2 Å². The second-order valence-corrected chi connectivity index (χ2v) is 7.05. The number of nitrogens with zero attached hydrogens (tertiary/aromatic N) is 5. The second kappa shape index (κ2) is 7.83. The molecule has 4 aromatic heterocycles. The van der Waals surface area contributed by atoms with Crippen LogP contribution in [0.2, 0.25) is 0 Å². The Hall–Kier alpha value is -4.33. The molecule has 0 radical (unpaired) electrons. The van der Waals surface area contributed by atoms with Gasteiger partial charge in [-0.1, -0.05) is 30.3 Å². The molecule has 1 amide bonds. The van der Waals surface area contributed by atoms with Crippen molar-refractivity contribution in [2.75, 3.05) is 5.32 Å². The monoisotopic (exact) mass is 410 g/mol. The third kappa shape index (κ3) is 3.66. The Morgan fingerprint density at radius 1 is 0.968 bits per heavy atom. The van der Waals surface area contributed by atoms with Crippen LogP contribution in [-0.4, -0.2) is 30.1 Å². The summed E-state index contributed by atoms with van der Waals surface area (Å²) in [4.78, 5) is 34.4. The van der Waals surface area contributed by atoms with Crippen molar-refractivity contribution in [3.05, 3.63) is 101 Å². The lowest BCUT2D eigenvalue weighted by Gasteiger charge is -2.05. The minimum atomic E-state index is -0.406. The largest absolute Gasteiger partial charge is 0.351 e. The molecule has 0 unspecified atom stereocenters. The van der Waals surface area contributed by atoms with Crippen molar-refractivity contribution in [3.63, 3.8) is 0 Å². The molecule has 0 aliphatic heterocycles. The molecule has 0 bridgehead atoms. The van der Waals surface area contributed by atoms with Crippen LogP contribution in [0.4, 0.5) is 5.69 Å². The van der Waals surface area contributed by atoms with Crippen LogP contribution in [0.3, 0.4) is 0 Å². The van der Waals surface area contributed by atoms with Gasteiger partial charge in [0.25, 0.3) is 5.91 Å². The van der Waals surface area contributed by atoms with E-state index in [1.165, 1.54) is 9.08 Å². The Labute approximate surface area is 176 Å². The fourth-order valence-electron chi connectivity index (χ4n) is 3.48. The van der Waals surface area contributed by atoms with Crippen molar-refractivity contribution in [2.45, 2.75) is 13.0 Å². The highest BCUT2D eigenvalue weighted by atomic mass is 16.2.